The van der Waals surface area contributed by atoms with Gasteiger partial charge in [-0.05, 0) is 36.4 Å². The molecule has 0 aromatic carbocycles. The van der Waals surface area contributed by atoms with Gasteiger partial charge < -0.3 is 0 Å². The Hall–Kier alpha value is -2.03. The van der Waals surface area contributed by atoms with E-state index in [0.717, 1.165) is 22.8 Å². The quantitative estimate of drug-likeness (QED) is 0.680. The third-order valence-corrected chi connectivity index (χ3v) is 2.60. The summed E-state index contributed by atoms with van der Waals surface area (Å²) in [5.74, 6) is 0. The Balaban J connectivity index is 0.00000133. The molecule has 3 nitrogen and oxygen atoms in total. The van der Waals surface area contributed by atoms with Crippen LogP contribution in [0.4, 0.5) is 0 Å². The minimum atomic E-state index is 0. The Kier molecular flexibility index (Phi) is 4.39. The molecule has 0 atom stereocenters. The van der Waals surface area contributed by atoms with Crippen molar-refractivity contribution < 1.29 is 17.1 Å². The molecule has 0 spiro atoms. The van der Waals surface area contributed by atoms with E-state index < -0.39 is 0 Å². The summed E-state index contributed by atoms with van der Waals surface area (Å²) < 4.78 is 0. The van der Waals surface area contributed by atoms with Crippen LogP contribution in [0.3, 0.4) is 0 Å². The smallest absolute Gasteiger partial charge is 0.0894 e. The minimum absolute atomic E-state index is 0. The summed E-state index contributed by atoms with van der Waals surface area (Å²) in [6.07, 6.45) is 3.54. The zero-order valence-corrected chi connectivity index (χ0v) is 11.2. The molecule has 3 aromatic rings. The second-order valence-electron chi connectivity index (χ2n) is 3.84. The van der Waals surface area contributed by atoms with Gasteiger partial charge in [0.05, 0.1) is 22.8 Å². The molecule has 19 heavy (non-hydrogen) atoms. The van der Waals surface area contributed by atoms with Gasteiger partial charge in [-0.1, -0.05) is 18.2 Å². The van der Waals surface area contributed by atoms with E-state index in [4.69, 9.17) is 0 Å². The maximum atomic E-state index is 4.59. The van der Waals surface area contributed by atoms with Crippen molar-refractivity contribution in [1.82, 2.24) is 15.0 Å². The first-order valence-corrected chi connectivity index (χ1v) is 5.73. The Bertz CT molecular complexity index is 587. The first-order valence-electron chi connectivity index (χ1n) is 5.73. The average Bonchev–Trinajstić information content (AvgIpc) is 2.49. The summed E-state index contributed by atoms with van der Waals surface area (Å²) in [6.45, 7) is 0. The van der Waals surface area contributed by atoms with Crippen molar-refractivity contribution in [3.05, 3.63) is 67.0 Å². The second-order valence-corrected chi connectivity index (χ2v) is 3.84. The molecule has 0 aliphatic carbocycles. The maximum Gasteiger partial charge on any atom is 0.0894 e. The normalized spacial score (nSPS) is 9.68. The molecule has 0 saturated heterocycles. The molecule has 3 rings (SSSR count). The molecular weight excluding hydrogens is 278 g/mol. The summed E-state index contributed by atoms with van der Waals surface area (Å²) in [4.78, 5) is 13.2. The van der Waals surface area contributed by atoms with E-state index in [0.29, 0.717) is 0 Å². The second kappa shape index (κ2) is 6.23. The Morgan fingerprint density at radius 2 is 1.00 bits per heavy atom. The van der Waals surface area contributed by atoms with Gasteiger partial charge in [-0.2, -0.15) is 0 Å². The summed E-state index contributed by atoms with van der Waals surface area (Å²) in [6, 6.07) is 17.5. The Morgan fingerprint density at radius 3 is 1.42 bits per heavy atom. The summed E-state index contributed by atoms with van der Waals surface area (Å²) in [5, 5.41) is 0. The van der Waals surface area contributed by atoms with Crippen LogP contribution in [0.2, 0.25) is 0 Å². The van der Waals surface area contributed by atoms with Crippen LogP contribution in [0.25, 0.3) is 22.8 Å². The molecule has 94 valence electrons. The number of rotatable bonds is 2. The van der Waals surface area contributed by atoms with Crippen molar-refractivity contribution in [2.24, 2.45) is 0 Å². The zero-order chi connectivity index (χ0) is 12.2. The molecule has 4 heteroatoms. The van der Waals surface area contributed by atoms with Crippen LogP contribution >= 0.6 is 0 Å². The van der Waals surface area contributed by atoms with Gasteiger partial charge in [0.15, 0.2) is 0 Å². The van der Waals surface area contributed by atoms with E-state index in [1.54, 1.807) is 12.4 Å². The van der Waals surface area contributed by atoms with Crippen LogP contribution in [0.15, 0.2) is 67.0 Å². The molecule has 0 aliphatic rings. The fourth-order valence-corrected chi connectivity index (χ4v) is 1.75. The molecule has 0 fully saturated rings. The Labute approximate surface area is 122 Å². The summed E-state index contributed by atoms with van der Waals surface area (Å²) in [5.41, 5.74) is 3.46. The van der Waals surface area contributed by atoms with Gasteiger partial charge in [-0.15, -0.1) is 0 Å². The van der Waals surface area contributed by atoms with E-state index in [9.17, 15) is 0 Å². The number of nitrogens with zero attached hydrogens (tertiary/aromatic N) is 3. The molecule has 0 amide bonds. The SMILES string of the molecule is [Fe].c1ccc(-c2cccc(-c3ccccn3)n2)nc1. The van der Waals surface area contributed by atoms with Crippen LogP contribution in [-0.2, 0) is 17.1 Å². The molecule has 3 aromatic heterocycles. The minimum Gasteiger partial charge on any atom is -0.255 e. The zero-order valence-electron chi connectivity index (χ0n) is 10.0. The average molecular weight is 289 g/mol. The largest absolute Gasteiger partial charge is 0.255 e. The number of pyridine rings is 3. The monoisotopic (exact) mass is 289 g/mol. The van der Waals surface area contributed by atoms with Crippen LogP contribution in [0.5, 0.6) is 0 Å². The van der Waals surface area contributed by atoms with Crippen LogP contribution in [-0.4, -0.2) is 15.0 Å². The molecule has 0 unspecified atom stereocenters. The van der Waals surface area contributed by atoms with Crippen molar-refractivity contribution in [2.45, 2.75) is 0 Å². The van der Waals surface area contributed by atoms with Crippen molar-refractivity contribution in [2.75, 3.05) is 0 Å². The van der Waals surface area contributed by atoms with Crippen molar-refractivity contribution in [3.8, 4) is 22.8 Å². The fraction of sp³-hybridized carbons (Fsp3) is 0. The molecule has 0 radical (unpaired) electrons. The van der Waals surface area contributed by atoms with Gasteiger partial charge in [0.2, 0.25) is 0 Å². The third-order valence-electron chi connectivity index (χ3n) is 2.60. The summed E-state index contributed by atoms with van der Waals surface area (Å²) in [7, 11) is 0. The molecule has 3 heterocycles. The van der Waals surface area contributed by atoms with E-state index in [1.807, 2.05) is 54.6 Å². The van der Waals surface area contributed by atoms with E-state index in [-0.39, 0.29) is 17.1 Å². The number of aromatic nitrogens is 3. The maximum absolute atomic E-state index is 4.59. The van der Waals surface area contributed by atoms with E-state index in [2.05, 4.69) is 15.0 Å². The standard InChI is InChI=1S/C15H11N3.Fe/c1-3-10-16-12(6-1)14-8-5-9-15(18-14)13-7-2-4-11-17-13;/h1-11H;. The predicted molar refractivity (Wildman–Crippen MR) is 70.7 cm³/mol. The van der Waals surface area contributed by atoms with E-state index in [1.165, 1.54) is 0 Å². The van der Waals surface area contributed by atoms with Crippen molar-refractivity contribution in [1.29, 1.82) is 0 Å². The van der Waals surface area contributed by atoms with Gasteiger partial charge in [-0.25, -0.2) is 4.98 Å². The molecule has 0 aliphatic heterocycles. The van der Waals surface area contributed by atoms with Gasteiger partial charge in [-0.3, -0.25) is 9.97 Å². The molecular formula is C15H11FeN3. The molecule has 0 N–H and O–H groups in total. The predicted octanol–water partition coefficient (Wildman–Crippen LogP) is 3.20. The van der Waals surface area contributed by atoms with Gasteiger partial charge in [0.25, 0.3) is 0 Å². The first-order chi connectivity index (χ1) is 8.93. The van der Waals surface area contributed by atoms with Gasteiger partial charge in [0, 0.05) is 29.5 Å². The van der Waals surface area contributed by atoms with Gasteiger partial charge >= 0.3 is 0 Å². The van der Waals surface area contributed by atoms with Crippen molar-refractivity contribution in [3.63, 3.8) is 0 Å². The topological polar surface area (TPSA) is 38.7 Å². The van der Waals surface area contributed by atoms with Crippen LogP contribution in [0, 0.1) is 0 Å². The number of hydrogen-bond acceptors (Lipinski definition) is 3. The fourth-order valence-electron chi connectivity index (χ4n) is 1.75. The number of hydrogen-bond donors (Lipinski definition) is 0. The Morgan fingerprint density at radius 1 is 0.526 bits per heavy atom. The van der Waals surface area contributed by atoms with Crippen molar-refractivity contribution >= 4 is 0 Å². The first kappa shape index (κ1) is 13.4. The summed E-state index contributed by atoms with van der Waals surface area (Å²) >= 11 is 0. The van der Waals surface area contributed by atoms with Crippen LogP contribution < -0.4 is 0 Å². The molecule has 0 bridgehead atoms. The molecule has 0 saturated carbocycles. The van der Waals surface area contributed by atoms with Gasteiger partial charge in [0.1, 0.15) is 0 Å². The van der Waals surface area contributed by atoms with Crippen LogP contribution in [0.1, 0.15) is 0 Å². The van der Waals surface area contributed by atoms with E-state index >= 15 is 0 Å². The third kappa shape index (κ3) is 3.05.